The Kier molecular flexibility index (Phi) is 5.21. The predicted octanol–water partition coefficient (Wildman–Crippen LogP) is 4.62. The summed E-state index contributed by atoms with van der Waals surface area (Å²) in [5.41, 5.74) is 2.54. The quantitative estimate of drug-likeness (QED) is 0.834. The highest BCUT2D eigenvalue weighted by molar-refractivity contribution is 7.10. The normalized spacial score (nSPS) is 12.9. The molecular weight excluding hydrogens is 264 g/mol. The van der Waals surface area contributed by atoms with Crippen LogP contribution in [0, 0.1) is 5.92 Å². The van der Waals surface area contributed by atoms with E-state index in [-0.39, 0.29) is 0 Å². The zero-order valence-corrected chi connectivity index (χ0v) is 13.6. The van der Waals surface area contributed by atoms with Crippen LogP contribution < -0.4 is 5.32 Å². The predicted molar refractivity (Wildman–Crippen MR) is 89.4 cm³/mol. The van der Waals surface area contributed by atoms with Crippen molar-refractivity contribution in [3.8, 4) is 0 Å². The van der Waals surface area contributed by atoms with E-state index in [0.717, 1.165) is 6.54 Å². The molecule has 108 valence electrons. The third-order valence-electron chi connectivity index (χ3n) is 3.29. The lowest BCUT2D eigenvalue weighted by molar-refractivity contribution is 0.402. The van der Waals surface area contributed by atoms with Crippen LogP contribution in [0.5, 0.6) is 0 Å². The second-order valence-electron chi connectivity index (χ2n) is 5.82. The van der Waals surface area contributed by atoms with Gasteiger partial charge in [-0.3, -0.25) is 0 Å². The van der Waals surface area contributed by atoms with Crippen molar-refractivity contribution >= 4 is 17.0 Å². The van der Waals surface area contributed by atoms with Gasteiger partial charge in [0.2, 0.25) is 0 Å². The summed E-state index contributed by atoms with van der Waals surface area (Å²) in [4.78, 5) is 3.59. The van der Waals surface area contributed by atoms with Gasteiger partial charge in [0.15, 0.2) is 0 Å². The van der Waals surface area contributed by atoms with E-state index in [4.69, 9.17) is 0 Å². The van der Waals surface area contributed by atoms with E-state index >= 15 is 0 Å². The first-order chi connectivity index (χ1) is 9.56. The Balaban J connectivity index is 2.07. The molecule has 0 saturated heterocycles. The Hall–Kier alpha value is -1.32. The molecule has 0 spiro atoms. The first-order valence-electron chi connectivity index (χ1n) is 7.10. The number of nitrogens with one attached hydrogen (secondary N) is 1. The van der Waals surface area contributed by atoms with Gasteiger partial charge in [-0.15, -0.1) is 11.3 Å². The van der Waals surface area contributed by atoms with Crippen LogP contribution in [-0.4, -0.2) is 19.0 Å². The molecule has 1 heterocycles. The zero-order valence-electron chi connectivity index (χ0n) is 12.8. The van der Waals surface area contributed by atoms with Gasteiger partial charge in [0.05, 0.1) is 6.04 Å². The number of benzene rings is 1. The van der Waals surface area contributed by atoms with Gasteiger partial charge in [-0.2, -0.15) is 0 Å². The van der Waals surface area contributed by atoms with Crippen LogP contribution in [-0.2, 0) is 6.54 Å². The highest BCUT2D eigenvalue weighted by Crippen LogP contribution is 2.29. The Morgan fingerprint density at radius 3 is 2.30 bits per heavy atom. The molecular formula is C17H24N2S. The Morgan fingerprint density at radius 2 is 1.80 bits per heavy atom. The molecule has 0 aliphatic carbocycles. The average Bonchev–Trinajstić information content (AvgIpc) is 2.90. The van der Waals surface area contributed by atoms with Crippen LogP contribution in [0.25, 0.3) is 0 Å². The monoisotopic (exact) mass is 288 g/mol. The Labute approximate surface area is 126 Å². The molecule has 3 heteroatoms. The highest BCUT2D eigenvalue weighted by Gasteiger charge is 2.16. The molecule has 0 radical (unpaired) electrons. The third kappa shape index (κ3) is 4.09. The van der Waals surface area contributed by atoms with Gasteiger partial charge in [-0.1, -0.05) is 32.0 Å². The van der Waals surface area contributed by atoms with E-state index in [9.17, 15) is 0 Å². The molecule has 0 fully saturated rings. The minimum absolute atomic E-state index is 0.384. The van der Waals surface area contributed by atoms with E-state index in [1.54, 1.807) is 0 Å². The minimum Gasteiger partial charge on any atom is -0.377 e. The van der Waals surface area contributed by atoms with Crippen molar-refractivity contribution in [3.05, 3.63) is 52.2 Å². The van der Waals surface area contributed by atoms with Crippen molar-refractivity contribution in [3.63, 3.8) is 0 Å². The van der Waals surface area contributed by atoms with Crippen LogP contribution in [0.3, 0.4) is 0 Å². The molecule has 0 saturated carbocycles. The second kappa shape index (κ2) is 6.91. The van der Waals surface area contributed by atoms with E-state index in [2.05, 4.69) is 79.9 Å². The second-order valence-corrected chi connectivity index (χ2v) is 6.80. The maximum atomic E-state index is 3.66. The van der Waals surface area contributed by atoms with Gasteiger partial charge < -0.3 is 10.2 Å². The van der Waals surface area contributed by atoms with Crippen molar-refractivity contribution in [2.75, 3.05) is 19.4 Å². The van der Waals surface area contributed by atoms with Gasteiger partial charge >= 0.3 is 0 Å². The number of anilines is 1. The summed E-state index contributed by atoms with van der Waals surface area (Å²) in [5, 5.41) is 5.80. The summed E-state index contributed by atoms with van der Waals surface area (Å²) in [7, 11) is 4.19. The fourth-order valence-corrected chi connectivity index (χ4v) is 3.23. The first kappa shape index (κ1) is 15.1. The van der Waals surface area contributed by atoms with Crippen LogP contribution in [0.1, 0.15) is 30.3 Å². The minimum atomic E-state index is 0.384. The lowest BCUT2D eigenvalue weighted by Crippen LogP contribution is -2.15. The van der Waals surface area contributed by atoms with Gasteiger partial charge in [-0.05, 0) is 49.2 Å². The van der Waals surface area contributed by atoms with Gasteiger partial charge in [0.25, 0.3) is 0 Å². The molecule has 0 aliphatic heterocycles. The summed E-state index contributed by atoms with van der Waals surface area (Å²) in [6.45, 7) is 5.51. The fourth-order valence-electron chi connectivity index (χ4n) is 2.29. The van der Waals surface area contributed by atoms with E-state index in [0.29, 0.717) is 12.0 Å². The van der Waals surface area contributed by atoms with Crippen LogP contribution in [0.4, 0.5) is 5.69 Å². The van der Waals surface area contributed by atoms with Gasteiger partial charge in [0, 0.05) is 17.1 Å². The SMILES string of the molecule is CC(C)C(Nc1ccc(CN(C)C)cc1)c1cccs1. The van der Waals surface area contributed by atoms with E-state index in [1.165, 1.54) is 16.1 Å². The molecule has 1 aromatic carbocycles. The molecule has 1 atom stereocenters. The summed E-state index contributed by atoms with van der Waals surface area (Å²) in [6, 6.07) is 13.5. The third-order valence-corrected chi connectivity index (χ3v) is 4.25. The van der Waals surface area contributed by atoms with Crippen LogP contribution in [0.2, 0.25) is 0 Å². The number of hydrogen-bond acceptors (Lipinski definition) is 3. The summed E-state index contributed by atoms with van der Waals surface area (Å²) in [6.07, 6.45) is 0. The zero-order chi connectivity index (χ0) is 14.5. The van der Waals surface area contributed by atoms with Crippen molar-refractivity contribution in [1.29, 1.82) is 0 Å². The smallest absolute Gasteiger partial charge is 0.0629 e. The molecule has 0 amide bonds. The first-order valence-corrected chi connectivity index (χ1v) is 7.98. The van der Waals surface area contributed by atoms with Crippen LogP contribution >= 0.6 is 11.3 Å². The maximum Gasteiger partial charge on any atom is 0.0629 e. The van der Waals surface area contributed by atoms with Crippen molar-refractivity contribution in [1.82, 2.24) is 4.90 Å². The highest BCUT2D eigenvalue weighted by atomic mass is 32.1. The molecule has 1 N–H and O–H groups in total. The molecule has 0 aliphatic rings. The van der Waals surface area contributed by atoms with Crippen LogP contribution in [0.15, 0.2) is 41.8 Å². The molecule has 0 bridgehead atoms. The standard InChI is InChI=1S/C17H24N2S/c1-13(2)17(16-6-5-11-20-16)18-15-9-7-14(8-10-15)12-19(3)4/h5-11,13,17-18H,12H2,1-4H3. The van der Waals surface area contributed by atoms with Crippen molar-refractivity contribution in [2.45, 2.75) is 26.4 Å². The summed E-state index contributed by atoms with van der Waals surface area (Å²) >= 11 is 1.82. The number of hydrogen-bond donors (Lipinski definition) is 1. The molecule has 1 aromatic heterocycles. The lowest BCUT2D eigenvalue weighted by Gasteiger charge is -2.22. The largest absolute Gasteiger partial charge is 0.377 e. The lowest BCUT2D eigenvalue weighted by atomic mass is 10.0. The van der Waals surface area contributed by atoms with Gasteiger partial charge in [-0.25, -0.2) is 0 Å². The molecule has 20 heavy (non-hydrogen) atoms. The number of thiophene rings is 1. The summed E-state index contributed by atoms with van der Waals surface area (Å²) in [5.74, 6) is 0.565. The average molecular weight is 288 g/mol. The topological polar surface area (TPSA) is 15.3 Å². The Bertz CT molecular complexity index is 500. The van der Waals surface area contributed by atoms with Crippen molar-refractivity contribution in [2.24, 2.45) is 5.92 Å². The van der Waals surface area contributed by atoms with E-state index < -0.39 is 0 Å². The molecule has 2 rings (SSSR count). The van der Waals surface area contributed by atoms with Gasteiger partial charge in [0.1, 0.15) is 0 Å². The fraction of sp³-hybridized carbons (Fsp3) is 0.412. The molecule has 2 aromatic rings. The summed E-state index contributed by atoms with van der Waals surface area (Å²) < 4.78 is 0. The molecule has 2 nitrogen and oxygen atoms in total. The molecule has 1 unspecified atom stereocenters. The van der Waals surface area contributed by atoms with E-state index in [1.807, 2.05) is 11.3 Å². The number of nitrogens with zero attached hydrogens (tertiary/aromatic N) is 1. The number of rotatable bonds is 6. The van der Waals surface area contributed by atoms with Crippen molar-refractivity contribution < 1.29 is 0 Å². The Morgan fingerprint density at radius 1 is 1.10 bits per heavy atom. The maximum absolute atomic E-state index is 3.66.